The summed E-state index contributed by atoms with van der Waals surface area (Å²) in [5.74, 6) is 0.0424. The Morgan fingerprint density at radius 1 is 1.36 bits per heavy atom. The minimum Gasteiger partial charge on any atom is -0.496 e. The molecule has 1 aromatic carbocycles. The van der Waals surface area contributed by atoms with Gasteiger partial charge < -0.3 is 10.1 Å². The molecule has 25 heavy (non-hydrogen) atoms. The summed E-state index contributed by atoms with van der Waals surface area (Å²) in [7, 11) is 1.48. The lowest BCUT2D eigenvalue weighted by Crippen LogP contribution is -2.27. The van der Waals surface area contributed by atoms with Crippen LogP contribution in [0.2, 0.25) is 5.02 Å². The molecule has 0 aliphatic carbocycles. The molecule has 0 fully saturated rings. The molecule has 9 heteroatoms. The maximum absolute atomic E-state index is 12.6. The van der Waals surface area contributed by atoms with Gasteiger partial charge in [-0.25, -0.2) is 0 Å². The van der Waals surface area contributed by atoms with Crippen LogP contribution in [0.15, 0.2) is 42.9 Å². The highest BCUT2D eigenvalue weighted by Crippen LogP contribution is 2.29. The van der Waals surface area contributed by atoms with Crippen molar-refractivity contribution >= 4 is 17.5 Å². The molecule has 0 saturated carbocycles. The summed E-state index contributed by atoms with van der Waals surface area (Å²) in [6.07, 6.45) is 3.08. The summed E-state index contributed by atoms with van der Waals surface area (Å²) in [6, 6.07) is 8.39. The molecule has 128 valence electrons. The van der Waals surface area contributed by atoms with E-state index in [4.69, 9.17) is 16.3 Å². The molecular formula is C16H15ClN6O2. The molecule has 0 saturated heterocycles. The number of hydrogen-bond acceptors (Lipinski definition) is 6. The van der Waals surface area contributed by atoms with Gasteiger partial charge in [-0.05, 0) is 35.5 Å². The van der Waals surface area contributed by atoms with Crippen LogP contribution in [0.1, 0.15) is 29.0 Å². The fraction of sp³-hybridized carbons (Fsp3) is 0.188. The van der Waals surface area contributed by atoms with Crippen molar-refractivity contribution in [1.29, 1.82) is 0 Å². The smallest absolute Gasteiger partial charge is 0.255 e. The van der Waals surface area contributed by atoms with Gasteiger partial charge in [-0.1, -0.05) is 17.7 Å². The van der Waals surface area contributed by atoms with Gasteiger partial charge in [-0.15, -0.1) is 5.10 Å². The van der Waals surface area contributed by atoms with Gasteiger partial charge in [0.15, 0.2) is 0 Å². The quantitative estimate of drug-likeness (QED) is 0.751. The second-order valence-corrected chi connectivity index (χ2v) is 5.62. The third-order valence-electron chi connectivity index (χ3n) is 3.59. The Kier molecular flexibility index (Phi) is 4.90. The molecule has 3 rings (SSSR count). The van der Waals surface area contributed by atoms with Crippen molar-refractivity contribution in [2.75, 3.05) is 7.11 Å². The minimum atomic E-state index is -0.319. The van der Waals surface area contributed by atoms with Crippen LogP contribution < -0.4 is 10.1 Å². The highest BCUT2D eigenvalue weighted by Gasteiger charge is 2.19. The molecule has 1 amide bonds. The summed E-state index contributed by atoms with van der Waals surface area (Å²) >= 11 is 6.28. The zero-order valence-electron chi connectivity index (χ0n) is 13.5. The summed E-state index contributed by atoms with van der Waals surface area (Å²) in [5, 5.41) is 14.1. The van der Waals surface area contributed by atoms with E-state index < -0.39 is 0 Å². The molecule has 0 spiro atoms. The molecule has 1 unspecified atom stereocenters. The first-order valence-corrected chi connectivity index (χ1v) is 7.80. The lowest BCUT2D eigenvalue weighted by Gasteiger charge is -2.16. The van der Waals surface area contributed by atoms with Gasteiger partial charge >= 0.3 is 0 Å². The van der Waals surface area contributed by atoms with E-state index in [-0.39, 0.29) is 11.9 Å². The molecule has 0 aliphatic heterocycles. The number of nitrogens with zero attached hydrogens (tertiary/aromatic N) is 5. The zero-order chi connectivity index (χ0) is 17.8. The van der Waals surface area contributed by atoms with Crippen molar-refractivity contribution in [3.8, 4) is 11.4 Å². The fourth-order valence-corrected chi connectivity index (χ4v) is 2.57. The topological polar surface area (TPSA) is 94.8 Å². The van der Waals surface area contributed by atoms with Crippen molar-refractivity contribution < 1.29 is 9.53 Å². The first-order chi connectivity index (χ1) is 12.1. The normalized spacial score (nSPS) is 11.8. The van der Waals surface area contributed by atoms with Crippen LogP contribution in [0, 0.1) is 0 Å². The first-order valence-electron chi connectivity index (χ1n) is 7.43. The Morgan fingerprint density at radius 3 is 2.84 bits per heavy atom. The molecule has 0 radical (unpaired) electrons. The van der Waals surface area contributed by atoms with Crippen molar-refractivity contribution in [2.45, 2.75) is 13.0 Å². The van der Waals surface area contributed by atoms with Crippen molar-refractivity contribution in [3.05, 3.63) is 59.1 Å². The van der Waals surface area contributed by atoms with Crippen molar-refractivity contribution in [3.63, 3.8) is 0 Å². The second-order valence-electron chi connectivity index (χ2n) is 5.21. The zero-order valence-corrected chi connectivity index (χ0v) is 14.3. The van der Waals surface area contributed by atoms with Crippen LogP contribution in [-0.2, 0) is 0 Å². The number of benzene rings is 1. The third kappa shape index (κ3) is 3.58. The Balaban J connectivity index is 1.88. The highest BCUT2D eigenvalue weighted by molar-refractivity contribution is 6.33. The van der Waals surface area contributed by atoms with E-state index in [1.807, 2.05) is 25.1 Å². The van der Waals surface area contributed by atoms with Crippen LogP contribution >= 0.6 is 11.6 Å². The minimum absolute atomic E-state index is 0.267. The van der Waals surface area contributed by atoms with Crippen LogP contribution in [0.5, 0.6) is 5.75 Å². The number of tetrazole rings is 1. The number of pyridine rings is 1. The molecule has 0 aliphatic rings. The van der Waals surface area contributed by atoms with Gasteiger partial charge in [0.2, 0.25) is 0 Å². The van der Waals surface area contributed by atoms with Crippen molar-refractivity contribution in [1.82, 2.24) is 30.5 Å². The summed E-state index contributed by atoms with van der Waals surface area (Å²) in [4.78, 5) is 16.9. The number of methoxy groups -OCH3 is 1. The summed E-state index contributed by atoms with van der Waals surface area (Å²) in [5.41, 5.74) is 1.58. The third-order valence-corrected chi connectivity index (χ3v) is 3.89. The SMILES string of the molecule is COc1cc(-n2cnnn2)c(Cl)cc1C(=O)NC(C)c1ccccn1. The van der Waals surface area contributed by atoms with Gasteiger partial charge in [0.1, 0.15) is 12.1 Å². The predicted octanol–water partition coefficient (Wildman–Crippen LogP) is 2.21. The largest absolute Gasteiger partial charge is 0.496 e. The van der Waals surface area contributed by atoms with Gasteiger partial charge in [0, 0.05) is 12.3 Å². The first kappa shape index (κ1) is 16.8. The van der Waals surface area contributed by atoms with E-state index >= 15 is 0 Å². The molecule has 1 atom stereocenters. The van der Waals surface area contributed by atoms with Crippen LogP contribution in [-0.4, -0.2) is 38.2 Å². The fourth-order valence-electron chi connectivity index (χ4n) is 2.32. The van der Waals surface area contributed by atoms with Crippen molar-refractivity contribution in [2.24, 2.45) is 0 Å². The molecule has 1 N–H and O–H groups in total. The Hall–Kier alpha value is -3.00. The maximum atomic E-state index is 12.6. The molecule has 0 bridgehead atoms. The lowest BCUT2D eigenvalue weighted by molar-refractivity contribution is 0.0936. The number of carbonyl (C=O) groups excluding carboxylic acids is 1. The number of hydrogen-bond donors (Lipinski definition) is 1. The van der Waals surface area contributed by atoms with E-state index in [9.17, 15) is 4.79 Å². The standard InChI is InChI=1S/C16H15ClN6O2/c1-10(13-5-3-4-6-18-13)20-16(24)11-7-12(17)14(8-15(11)25-2)23-9-19-21-22-23/h3-10H,1-2H3,(H,20,24). The number of carbonyl (C=O) groups is 1. The number of aromatic nitrogens is 5. The summed E-state index contributed by atoms with van der Waals surface area (Å²) < 4.78 is 6.72. The Labute approximate surface area is 148 Å². The average Bonchev–Trinajstić information content (AvgIpc) is 3.16. The van der Waals surface area contributed by atoms with E-state index in [0.717, 1.165) is 5.69 Å². The van der Waals surface area contributed by atoms with E-state index in [0.29, 0.717) is 22.0 Å². The molecule has 2 aromatic heterocycles. The second kappa shape index (κ2) is 7.27. The molecule has 2 heterocycles. The van der Waals surface area contributed by atoms with Crippen LogP contribution in [0.25, 0.3) is 5.69 Å². The van der Waals surface area contributed by atoms with E-state index in [1.165, 1.54) is 24.2 Å². The predicted molar refractivity (Wildman–Crippen MR) is 90.8 cm³/mol. The monoisotopic (exact) mass is 358 g/mol. The number of nitrogens with one attached hydrogen (secondary N) is 1. The van der Waals surface area contributed by atoms with Gasteiger partial charge in [0.05, 0.1) is 35.1 Å². The lowest BCUT2D eigenvalue weighted by atomic mass is 10.1. The molecule has 8 nitrogen and oxygen atoms in total. The summed E-state index contributed by atoms with van der Waals surface area (Å²) in [6.45, 7) is 1.85. The van der Waals surface area contributed by atoms with Gasteiger partial charge in [-0.3, -0.25) is 9.78 Å². The number of amides is 1. The Bertz CT molecular complexity index is 870. The molecule has 3 aromatic rings. The molecular weight excluding hydrogens is 344 g/mol. The van der Waals surface area contributed by atoms with E-state index in [2.05, 4.69) is 25.8 Å². The highest BCUT2D eigenvalue weighted by atomic mass is 35.5. The van der Waals surface area contributed by atoms with Crippen LogP contribution in [0.3, 0.4) is 0 Å². The number of rotatable bonds is 5. The Morgan fingerprint density at radius 2 is 2.20 bits per heavy atom. The average molecular weight is 359 g/mol. The maximum Gasteiger partial charge on any atom is 0.255 e. The number of ether oxygens (including phenoxy) is 1. The number of halogens is 1. The van der Waals surface area contributed by atoms with Gasteiger partial charge in [-0.2, -0.15) is 4.68 Å². The van der Waals surface area contributed by atoms with Gasteiger partial charge in [0.25, 0.3) is 5.91 Å². The van der Waals surface area contributed by atoms with Crippen LogP contribution in [0.4, 0.5) is 0 Å². The van der Waals surface area contributed by atoms with E-state index in [1.54, 1.807) is 12.3 Å².